The fourth-order valence-corrected chi connectivity index (χ4v) is 1.46. The number of non-ortho nitro benzene ring substituents is 1. The highest BCUT2D eigenvalue weighted by Crippen LogP contribution is 2.24. The van der Waals surface area contributed by atoms with Crippen molar-refractivity contribution in [2.24, 2.45) is 7.05 Å². The molecule has 8 heteroatoms. The van der Waals surface area contributed by atoms with Crippen molar-refractivity contribution < 1.29 is 4.92 Å². The predicted octanol–water partition coefficient (Wildman–Crippen LogP) is 0.918. The number of rotatable bonds is 4. The summed E-state index contributed by atoms with van der Waals surface area (Å²) in [4.78, 5) is 14.1. The number of nitro benzene ring substituents is 1. The molecule has 0 radical (unpaired) electrons. The Kier molecular flexibility index (Phi) is 3.09. The summed E-state index contributed by atoms with van der Waals surface area (Å²) >= 11 is 0. The number of hydrogen-bond donors (Lipinski definition) is 2. The third kappa shape index (κ3) is 2.54. The van der Waals surface area contributed by atoms with Crippen LogP contribution in [0.1, 0.15) is 5.82 Å². The maximum Gasteiger partial charge on any atom is 0.271 e. The predicted molar refractivity (Wildman–Crippen MR) is 65.8 cm³/mol. The van der Waals surface area contributed by atoms with Crippen molar-refractivity contribution >= 4 is 17.1 Å². The minimum Gasteiger partial charge on any atom is -0.397 e. The van der Waals surface area contributed by atoms with E-state index < -0.39 is 4.92 Å². The molecule has 0 saturated heterocycles. The van der Waals surface area contributed by atoms with Gasteiger partial charge in [-0.25, -0.2) is 4.98 Å². The van der Waals surface area contributed by atoms with Crippen LogP contribution in [0.25, 0.3) is 0 Å². The van der Waals surface area contributed by atoms with Gasteiger partial charge in [0.2, 0.25) is 0 Å². The Balaban J connectivity index is 2.08. The summed E-state index contributed by atoms with van der Waals surface area (Å²) in [6.07, 6.45) is 1.59. The van der Waals surface area contributed by atoms with Gasteiger partial charge in [-0.3, -0.25) is 14.8 Å². The van der Waals surface area contributed by atoms with Gasteiger partial charge >= 0.3 is 0 Å². The van der Waals surface area contributed by atoms with E-state index in [9.17, 15) is 10.1 Å². The zero-order chi connectivity index (χ0) is 13.1. The van der Waals surface area contributed by atoms with E-state index in [1.807, 2.05) is 0 Å². The molecule has 0 atom stereocenters. The summed E-state index contributed by atoms with van der Waals surface area (Å²) in [5.74, 6) is 0.621. The van der Waals surface area contributed by atoms with Crippen LogP contribution in [-0.2, 0) is 13.6 Å². The quantitative estimate of drug-likeness (QED) is 0.472. The molecule has 0 amide bonds. The first kappa shape index (κ1) is 11.8. The third-order valence-corrected chi connectivity index (χ3v) is 2.33. The maximum atomic E-state index is 10.6. The zero-order valence-corrected chi connectivity index (χ0v) is 9.70. The molecule has 0 aliphatic heterocycles. The van der Waals surface area contributed by atoms with Gasteiger partial charge in [0.25, 0.3) is 5.69 Å². The van der Waals surface area contributed by atoms with Crippen LogP contribution >= 0.6 is 0 Å². The molecule has 94 valence electrons. The highest BCUT2D eigenvalue weighted by molar-refractivity contribution is 5.69. The van der Waals surface area contributed by atoms with Gasteiger partial charge in [0, 0.05) is 19.2 Å². The minimum atomic E-state index is -0.486. The van der Waals surface area contributed by atoms with Gasteiger partial charge in [0.15, 0.2) is 5.82 Å². The van der Waals surface area contributed by atoms with E-state index in [0.717, 1.165) is 0 Å². The first-order valence-corrected chi connectivity index (χ1v) is 5.18. The first-order valence-electron chi connectivity index (χ1n) is 5.18. The minimum absolute atomic E-state index is 0.0333. The van der Waals surface area contributed by atoms with Crippen molar-refractivity contribution in [2.45, 2.75) is 6.54 Å². The number of nitrogens with zero attached hydrogens (tertiary/aromatic N) is 4. The van der Waals surface area contributed by atoms with Crippen LogP contribution in [0.2, 0.25) is 0 Å². The van der Waals surface area contributed by atoms with Crippen LogP contribution in [0.15, 0.2) is 24.5 Å². The molecular formula is C10H12N6O2. The van der Waals surface area contributed by atoms with Crippen molar-refractivity contribution in [3.05, 3.63) is 40.5 Å². The molecule has 1 heterocycles. The standard InChI is InChI=1S/C10H12N6O2/c1-15-6-13-10(14-15)5-12-9-3-2-7(16(17)18)4-8(9)11/h2-4,6,12H,5,11H2,1H3. The van der Waals surface area contributed by atoms with Gasteiger partial charge in [-0.15, -0.1) is 0 Å². The van der Waals surface area contributed by atoms with Crippen LogP contribution in [-0.4, -0.2) is 19.7 Å². The number of nitrogens with one attached hydrogen (secondary N) is 1. The van der Waals surface area contributed by atoms with Crippen LogP contribution in [0.5, 0.6) is 0 Å². The molecule has 0 spiro atoms. The van der Waals surface area contributed by atoms with Crippen molar-refractivity contribution in [2.75, 3.05) is 11.1 Å². The van der Waals surface area contributed by atoms with Gasteiger partial charge in [-0.2, -0.15) is 5.10 Å². The molecule has 1 aromatic heterocycles. The molecular weight excluding hydrogens is 236 g/mol. The van der Waals surface area contributed by atoms with Gasteiger partial charge in [0.05, 0.1) is 22.8 Å². The highest BCUT2D eigenvalue weighted by atomic mass is 16.6. The number of nitrogens with two attached hydrogens (primary N) is 1. The molecule has 2 aromatic rings. The van der Waals surface area contributed by atoms with Crippen molar-refractivity contribution in [1.29, 1.82) is 0 Å². The Morgan fingerprint density at radius 3 is 2.89 bits per heavy atom. The molecule has 8 nitrogen and oxygen atoms in total. The second kappa shape index (κ2) is 4.70. The maximum absolute atomic E-state index is 10.6. The number of aromatic nitrogens is 3. The molecule has 3 N–H and O–H groups in total. The topological polar surface area (TPSA) is 112 Å². The number of anilines is 2. The molecule has 0 aliphatic carbocycles. The Hall–Kier alpha value is -2.64. The fraction of sp³-hybridized carbons (Fsp3) is 0.200. The fourth-order valence-electron chi connectivity index (χ4n) is 1.46. The largest absolute Gasteiger partial charge is 0.397 e. The molecule has 1 aromatic carbocycles. The van der Waals surface area contributed by atoms with Crippen molar-refractivity contribution in [3.63, 3.8) is 0 Å². The lowest BCUT2D eigenvalue weighted by atomic mass is 10.2. The first-order chi connectivity index (χ1) is 8.56. The number of nitrogen functional groups attached to an aromatic ring is 1. The molecule has 0 fully saturated rings. The summed E-state index contributed by atoms with van der Waals surface area (Å²) < 4.78 is 1.59. The smallest absolute Gasteiger partial charge is 0.271 e. The number of hydrogen-bond acceptors (Lipinski definition) is 6. The lowest BCUT2D eigenvalue weighted by Crippen LogP contribution is -2.05. The van der Waals surface area contributed by atoms with E-state index in [2.05, 4.69) is 15.4 Å². The Morgan fingerprint density at radius 2 is 2.33 bits per heavy atom. The van der Waals surface area contributed by atoms with Crippen LogP contribution < -0.4 is 11.1 Å². The van der Waals surface area contributed by atoms with Crippen LogP contribution in [0.3, 0.4) is 0 Å². The molecule has 0 aliphatic rings. The molecule has 0 unspecified atom stereocenters. The van der Waals surface area contributed by atoms with Crippen LogP contribution in [0.4, 0.5) is 17.1 Å². The summed E-state index contributed by atoms with van der Waals surface area (Å²) in [5, 5.41) is 17.7. The van der Waals surface area contributed by atoms with E-state index in [4.69, 9.17) is 5.73 Å². The average Bonchev–Trinajstić information content (AvgIpc) is 2.73. The molecule has 2 rings (SSSR count). The SMILES string of the molecule is Cn1cnc(CNc2ccc([N+](=O)[O-])cc2N)n1. The third-order valence-electron chi connectivity index (χ3n) is 2.33. The van der Waals surface area contributed by atoms with Crippen molar-refractivity contribution in [3.8, 4) is 0 Å². The Labute approximate surface area is 103 Å². The average molecular weight is 248 g/mol. The number of benzene rings is 1. The monoisotopic (exact) mass is 248 g/mol. The molecule has 0 bridgehead atoms. The van der Waals surface area contributed by atoms with E-state index >= 15 is 0 Å². The van der Waals surface area contributed by atoms with Crippen molar-refractivity contribution in [1.82, 2.24) is 14.8 Å². The highest BCUT2D eigenvalue weighted by Gasteiger charge is 2.08. The van der Waals surface area contributed by atoms with E-state index in [0.29, 0.717) is 23.7 Å². The number of aryl methyl sites for hydroxylation is 1. The summed E-state index contributed by atoms with van der Waals surface area (Å²) in [6.45, 7) is 0.406. The summed E-state index contributed by atoms with van der Waals surface area (Å²) in [7, 11) is 1.77. The van der Waals surface area contributed by atoms with Crippen LogP contribution in [0, 0.1) is 10.1 Å². The lowest BCUT2D eigenvalue weighted by Gasteiger charge is -2.06. The number of nitro groups is 1. The van der Waals surface area contributed by atoms with Gasteiger partial charge in [-0.05, 0) is 6.07 Å². The second-order valence-corrected chi connectivity index (χ2v) is 3.72. The molecule has 18 heavy (non-hydrogen) atoms. The normalized spacial score (nSPS) is 10.3. The summed E-state index contributed by atoms with van der Waals surface area (Å²) in [5.41, 5.74) is 6.62. The Bertz CT molecular complexity index is 579. The van der Waals surface area contributed by atoms with E-state index in [-0.39, 0.29) is 5.69 Å². The Morgan fingerprint density at radius 1 is 1.56 bits per heavy atom. The van der Waals surface area contributed by atoms with E-state index in [1.165, 1.54) is 12.1 Å². The van der Waals surface area contributed by atoms with Gasteiger partial charge in [0.1, 0.15) is 6.33 Å². The second-order valence-electron chi connectivity index (χ2n) is 3.72. The molecule has 0 saturated carbocycles. The van der Waals surface area contributed by atoms with Gasteiger partial charge in [-0.1, -0.05) is 0 Å². The van der Waals surface area contributed by atoms with E-state index in [1.54, 1.807) is 24.1 Å². The van der Waals surface area contributed by atoms with Gasteiger partial charge < -0.3 is 11.1 Å². The zero-order valence-electron chi connectivity index (χ0n) is 9.70. The lowest BCUT2D eigenvalue weighted by molar-refractivity contribution is -0.384. The summed E-state index contributed by atoms with van der Waals surface area (Å²) in [6, 6.07) is 4.27.